The van der Waals surface area contributed by atoms with Gasteiger partial charge in [-0.2, -0.15) is 0 Å². The number of Topliss-reactive ketones (excluding diaryl/α,β-unsaturated/α-hetero) is 1. The zero-order valence-corrected chi connectivity index (χ0v) is 17.3. The van der Waals surface area contributed by atoms with Gasteiger partial charge in [-0.3, -0.25) is 4.79 Å². The Kier molecular flexibility index (Phi) is 16.7. The largest absolute Gasteiger partial charge is 0.494 e. The summed E-state index contributed by atoms with van der Waals surface area (Å²) in [7, 11) is 0. The molecular weight excluding hydrogens is 346 g/mol. The van der Waals surface area contributed by atoms with Crippen molar-refractivity contribution in [1.82, 2.24) is 0 Å². The summed E-state index contributed by atoms with van der Waals surface area (Å²) in [5.41, 5.74) is 6.00. The predicted octanol–water partition coefficient (Wildman–Crippen LogP) is 6.33. The number of carbonyl (C=O) groups excluding carboxylic acids is 1. The second-order valence-corrected chi connectivity index (χ2v) is 6.89. The average Bonchev–Trinajstić information content (AvgIpc) is 2.65. The molecule has 0 aliphatic heterocycles. The molecule has 4 heteroatoms. The van der Waals surface area contributed by atoms with E-state index in [4.69, 9.17) is 10.5 Å². The highest BCUT2D eigenvalue weighted by Gasteiger charge is 2.03. The van der Waals surface area contributed by atoms with E-state index in [0.717, 1.165) is 18.8 Å². The number of carbonyl (C=O) groups is 1. The summed E-state index contributed by atoms with van der Waals surface area (Å²) in [5, 5.41) is 0. The van der Waals surface area contributed by atoms with Crippen LogP contribution in [0.3, 0.4) is 0 Å². The van der Waals surface area contributed by atoms with Crippen LogP contribution < -0.4 is 10.5 Å². The first-order valence-electron chi connectivity index (χ1n) is 10.2. The third-order valence-corrected chi connectivity index (χ3v) is 4.63. The van der Waals surface area contributed by atoms with Gasteiger partial charge in [0, 0.05) is 5.56 Å². The molecule has 0 aliphatic carbocycles. The van der Waals surface area contributed by atoms with Crippen LogP contribution in [0.25, 0.3) is 0 Å². The number of halogens is 1. The second kappa shape index (κ2) is 17.4. The molecule has 0 aliphatic rings. The molecule has 0 bridgehead atoms. The third kappa shape index (κ3) is 12.3. The first-order valence-corrected chi connectivity index (χ1v) is 10.2. The highest BCUT2D eigenvalue weighted by molar-refractivity contribution is 5.97. The van der Waals surface area contributed by atoms with Gasteiger partial charge >= 0.3 is 0 Å². The minimum absolute atomic E-state index is 0. The van der Waals surface area contributed by atoms with Crippen molar-refractivity contribution < 1.29 is 9.53 Å². The van der Waals surface area contributed by atoms with E-state index in [2.05, 4.69) is 6.92 Å². The molecule has 1 aromatic carbocycles. The molecule has 0 radical (unpaired) electrons. The zero-order chi connectivity index (χ0) is 18.2. The predicted molar refractivity (Wildman–Crippen MR) is 114 cm³/mol. The number of ketones is 1. The molecule has 150 valence electrons. The van der Waals surface area contributed by atoms with E-state index in [1.54, 1.807) is 12.1 Å². The quantitative estimate of drug-likeness (QED) is 0.268. The first kappa shape index (κ1) is 24.9. The third-order valence-electron chi connectivity index (χ3n) is 4.63. The number of rotatable bonds is 16. The van der Waals surface area contributed by atoms with Gasteiger partial charge in [0.25, 0.3) is 0 Å². The van der Waals surface area contributed by atoms with Gasteiger partial charge in [-0.05, 0) is 30.7 Å². The van der Waals surface area contributed by atoms with Crippen LogP contribution in [-0.4, -0.2) is 18.9 Å². The summed E-state index contributed by atoms with van der Waals surface area (Å²) < 4.78 is 5.72. The van der Waals surface area contributed by atoms with E-state index in [-0.39, 0.29) is 24.7 Å². The van der Waals surface area contributed by atoms with Crippen molar-refractivity contribution in [3.8, 4) is 5.75 Å². The minimum Gasteiger partial charge on any atom is -0.494 e. The number of hydrogen-bond donors (Lipinski definition) is 1. The molecule has 0 atom stereocenters. The highest BCUT2D eigenvalue weighted by atomic mass is 35.5. The van der Waals surface area contributed by atoms with E-state index in [0.29, 0.717) is 5.56 Å². The molecule has 1 rings (SSSR count). The van der Waals surface area contributed by atoms with Gasteiger partial charge in [-0.1, -0.05) is 77.6 Å². The lowest BCUT2D eigenvalue weighted by atomic mass is 10.1. The number of benzene rings is 1. The van der Waals surface area contributed by atoms with Crippen molar-refractivity contribution in [2.45, 2.75) is 84.0 Å². The van der Waals surface area contributed by atoms with Gasteiger partial charge in [0.1, 0.15) is 5.75 Å². The van der Waals surface area contributed by atoms with Crippen LogP contribution in [0.1, 0.15) is 94.3 Å². The van der Waals surface area contributed by atoms with E-state index < -0.39 is 0 Å². The molecule has 3 nitrogen and oxygen atoms in total. The SMILES string of the molecule is CCCCCCCCCCCCCCOc1ccc(C(=O)CN)cc1.Cl. The number of nitrogens with two attached hydrogens (primary N) is 1. The first-order chi connectivity index (χ1) is 12.3. The lowest BCUT2D eigenvalue weighted by Gasteiger charge is -2.07. The fraction of sp³-hybridized carbons (Fsp3) is 0.682. The summed E-state index contributed by atoms with van der Waals surface area (Å²) in [6, 6.07) is 7.27. The number of ether oxygens (including phenoxy) is 1. The van der Waals surface area contributed by atoms with Crippen molar-refractivity contribution in [3.63, 3.8) is 0 Å². The van der Waals surface area contributed by atoms with E-state index >= 15 is 0 Å². The number of unbranched alkanes of at least 4 members (excludes halogenated alkanes) is 11. The van der Waals surface area contributed by atoms with Crippen molar-refractivity contribution >= 4 is 18.2 Å². The Morgan fingerprint density at radius 3 is 1.73 bits per heavy atom. The fourth-order valence-electron chi connectivity index (χ4n) is 2.99. The summed E-state index contributed by atoms with van der Waals surface area (Å²) in [5.74, 6) is 0.796. The summed E-state index contributed by atoms with van der Waals surface area (Å²) in [6.45, 7) is 3.08. The van der Waals surface area contributed by atoms with Gasteiger partial charge in [0.15, 0.2) is 5.78 Å². The maximum absolute atomic E-state index is 11.4. The molecule has 0 aromatic heterocycles. The van der Waals surface area contributed by atoms with Crippen LogP contribution in [-0.2, 0) is 0 Å². The van der Waals surface area contributed by atoms with Crippen molar-refractivity contribution in [1.29, 1.82) is 0 Å². The molecule has 26 heavy (non-hydrogen) atoms. The Balaban J connectivity index is 0.00000625. The van der Waals surface area contributed by atoms with Crippen molar-refractivity contribution in [2.24, 2.45) is 5.73 Å². The average molecular weight is 384 g/mol. The molecular formula is C22H38ClNO2. The maximum Gasteiger partial charge on any atom is 0.176 e. The fourth-order valence-corrected chi connectivity index (χ4v) is 2.99. The molecule has 0 unspecified atom stereocenters. The Morgan fingerprint density at radius 2 is 1.27 bits per heavy atom. The molecule has 0 fully saturated rings. The van der Waals surface area contributed by atoms with Crippen LogP contribution >= 0.6 is 12.4 Å². The minimum atomic E-state index is -0.0347. The van der Waals surface area contributed by atoms with Crippen molar-refractivity contribution in [3.05, 3.63) is 29.8 Å². The summed E-state index contributed by atoms with van der Waals surface area (Å²) >= 11 is 0. The summed E-state index contributed by atoms with van der Waals surface area (Å²) in [6.07, 6.45) is 16.2. The zero-order valence-electron chi connectivity index (χ0n) is 16.5. The molecule has 0 heterocycles. The summed E-state index contributed by atoms with van der Waals surface area (Å²) in [4.78, 5) is 11.4. The lowest BCUT2D eigenvalue weighted by Crippen LogP contribution is -2.13. The topological polar surface area (TPSA) is 52.3 Å². The van der Waals surface area contributed by atoms with Crippen LogP contribution in [0.15, 0.2) is 24.3 Å². The van der Waals surface area contributed by atoms with Gasteiger partial charge in [-0.25, -0.2) is 0 Å². The standard InChI is InChI=1S/C22H37NO2.ClH/c1-2-3-4-5-6-7-8-9-10-11-12-13-18-25-21-16-14-20(15-17-21)22(24)19-23;/h14-17H,2-13,18-19,23H2,1H3;1H. The van der Waals surface area contributed by atoms with Crippen LogP contribution in [0.4, 0.5) is 0 Å². The smallest absolute Gasteiger partial charge is 0.176 e. The van der Waals surface area contributed by atoms with Crippen LogP contribution in [0.2, 0.25) is 0 Å². The van der Waals surface area contributed by atoms with Gasteiger partial charge in [-0.15, -0.1) is 12.4 Å². The van der Waals surface area contributed by atoms with Crippen LogP contribution in [0, 0.1) is 0 Å². The van der Waals surface area contributed by atoms with E-state index in [9.17, 15) is 4.79 Å². The Labute approximate surface area is 166 Å². The monoisotopic (exact) mass is 383 g/mol. The molecule has 0 amide bonds. The Hall–Kier alpha value is -1.06. The molecule has 0 saturated heterocycles. The van der Waals surface area contributed by atoms with Gasteiger partial charge < -0.3 is 10.5 Å². The normalized spacial score (nSPS) is 10.4. The van der Waals surface area contributed by atoms with Crippen molar-refractivity contribution in [2.75, 3.05) is 13.2 Å². The molecule has 2 N–H and O–H groups in total. The Morgan fingerprint density at radius 1 is 0.808 bits per heavy atom. The molecule has 1 aromatic rings. The highest BCUT2D eigenvalue weighted by Crippen LogP contribution is 2.14. The van der Waals surface area contributed by atoms with Crippen LogP contribution in [0.5, 0.6) is 5.75 Å². The van der Waals surface area contributed by atoms with Gasteiger partial charge in [0.05, 0.1) is 13.2 Å². The lowest BCUT2D eigenvalue weighted by molar-refractivity contribution is 0.100. The maximum atomic E-state index is 11.4. The van der Waals surface area contributed by atoms with Gasteiger partial charge in [0.2, 0.25) is 0 Å². The Bertz CT molecular complexity index is 448. The number of hydrogen-bond acceptors (Lipinski definition) is 3. The van der Waals surface area contributed by atoms with E-state index in [1.807, 2.05) is 12.1 Å². The molecule has 0 spiro atoms. The molecule has 0 saturated carbocycles. The van der Waals surface area contributed by atoms with E-state index in [1.165, 1.54) is 70.6 Å². The second-order valence-electron chi connectivity index (χ2n) is 6.89.